The third-order valence-corrected chi connectivity index (χ3v) is 3.20. The van der Waals surface area contributed by atoms with Gasteiger partial charge in [-0.05, 0) is 0 Å². The van der Waals surface area contributed by atoms with Crippen LogP contribution in [-0.4, -0.2) is 42.2 Å². The van der Waals surface area contributed by atoms with Crippen LogP contribution in [0.2, 0.25) is 0 Å². The average molecular weight is 213 g/mol. The Bertz CT molecular complexity index is 327. The molecule has 78 valence electrons. The Balaban J connectivity index is 1.82. The fourth-order valence-corrected chi connectivity index (χ4v) is 2.25. The highest BCUT2D eigenvalue weighted by molar-refractivity contribution is 7.07. The van der Waals surface area contributed by atoms with Gasteiger partial charge in [0, 0.05) is 50.8 Å². The lowest BCUT2D eigenvalue weighted by Gasteiger charge is -2.26. The molecule has 1 aliphatic heterocycles. The minimum absolute atomic E-state index is 0.153. The molecule has 0 bridgehead atoms. The maximum Gasteiger partial charge on any atom is 0.307 e. The molecule has 0 aliphatic carbocycles. The number of nitrogens with one attached hydrogen (secondary N) is 1. The number of nitrogens with zero attached hydrogens (tertiary/aromatic N) is 2. The zero-order valence-electron chi connectivity index (χ0n) is 8.11. The second kappa shape index (κ2) is 4.72. The summed E-state index contributed by atoms with van der Waals surface area (Å²) in [6, 6.07) is 0. The first kappa shape index (κ1) is 9.89. The predicted octanol–water partition coefficient (Wildman–Crippen LogP) is -0.185. The van der Waals surface area contributed by atoms with Crippen LogP contribution in [0.15, 0.2) is 16.4 Å². The molecule has 2 heterocycles. The lowest BCUT2D eigenvalue weighted by Crippen LogP contribution is -2.44. The molecule has 0 spiro atoms. The van der Waals surface area contributed by atoms with E-state index in [1.54, 1.807) is 4.57 Å². The van der Waals surface area contributed by atoms with Crippen LogP contribution in [-0.2, 0) is 6.54 Å². The van der Waals surface area contributed by atoms with Gasteiger partial charge in [0.15, 0.2) is 0 Å². The predicted molar refractivity (Wildman–Crippen MR) is 57.9 cm³/mol. The fourth-order valence-electron chi connectivity index (χ4n) is 1.64. The van der Waals surface area contributed by atoms with Crippen molar-refractivity contribution in [1.29, 1.82) is 0 Å². The SMILES string of the molecule is O=c1sccn1CCN1CCNCC1. The molecule has 1 aromatic rings. The number of piperazine rings is 1. The summed E-state index contributed by atoms with van der Waals surface area (Å²) in [5.41, 5.74) is 0. The molecule has 1 N–H and O–H groups in total. The second-order valence-electron chi connectivity index (χ2n) is 3.45. The molecule has 0 amide bonds. The lowest BCUT2D eigenvalue weighted by atomic mass is 10.3. The molecule has 1 aromatic heterocycles. The Kier molecular flexibility index (Phi) is 3.34. The number of thiazole rings is 1. The minimum Gasteiger partial charge on any atom is -0.314 e. The molecule has 5 heteroatoms. The van der Waals surface area contributed by atoms with E-state index in [-0.39, 0.29) is 4.87 Å². The van der Waals surface area contributed by atoms with Crippen LogP contribution >= 0.6 is 11.3 Å². The second-order valence-corrected chi connectivity index (χ2v) is 4.31. The third kappa shape index (κ3) is 2.43. The summed E-state index contributed by atoms with van der Waals surface area (Å²) in [7, 11) is 0. The van der Waals surface area contributed by atoms with Crippen molar-refractivity contribution in [3.63, 3.8) is 0 Å². The smallest absolute Gasteiger partial charge is 0.307 e. The van der Waals surface area contributed by atoms with Crippen LogP contribution in [0.3, 0.4) is 0 Å². The van der Waals surface area contributed by atoms with E-state index in [2.05, 4.69) is 10.2 Å². The van der Waals surface area contributed by atoms with Gasteiger partial charge in [-0.3, -0.25) is 9.69 Å². The third-order valence-electron chi connectivity index (χ3n) is 2.51. The molecule has 1 fully saturated rings. The lowest BCUT2D eigenvalue weighted by molar-refractivity contribution is 0.232. The molecular formula is C9H15N3OS. The van der Waals surface area contributed by atoms with Crippen molar-refractivity contribution in [3.05, 3.63) is 21.2 Å². The average Bonchev–Trinajstić information content (AvgIpc) is 2.63. The Morgan fingerprint density at radius 1 is 1.36 bits per heavy atom. The zero-order valence-corrected chi connectivity index (χ0v) is 8.92. The fraction of sp³-hybridized carbons (Fsp3) is 0.667. The number of aromatic nitrogens is 1. The molecule has 14 heavy (non-hydrogen) atoms. The summed E-state index contributed by atoms with van der Waals surface area (Å²) in [6.45, 7) is 6.13. The van der Waals surface area contributed by atoms with Crippen LogP contribution in [0, 0.1) is 0 Å². The highest BCUT2D eigenvalue weighted by Gasteiger charge is 2.08. The molecule has 0 aromatic carbocycles. The number of hydrogen-bond donors (Lipinski definition) is 1. The van der Waals surface area contributed by atoms with Crippen molar-refractivity contribution in [2.45, 2.75) is 6.54 Å². The van der Waals surface area contributed by atoms with Crippen molar-refractivity contribution in [2.75, 3.05) is 32.7 Å². The van der Waals surface area contributed by atoms with Crippen LogP contribution < -0.4 is 10.2 Å². The van der Waals surface area contributed by atoms with Gasteiger partial charge in [0.2, 0.25) is 0 Å². The van der Waals surface area contributed by atoms with E-state index >= 15 is 0 Å². The van der Waals surface area contributed by atoms with Gasteiger partial charge in [-0.15, -0.1) is 0 Å². The van der Waals surface area contributed by atoms with Crippen molar-refractivity contribution >= 4 is 11.3 Å². The van der Waals surface area contributed by atoms with Gasteiger partial charge in [-0.25, -0.2) is 0 Å². The van der Waals surface area contributed by atoms with Crippen molar-refractivity contribution in [1.82, 2.24) is 14.8 Å². The van der Waals surface area contributed by atoms with Crippen LogP contribution in [0.1, 0.15) is 0 Å². The van der Waals surface area contributed by atoms with Gasteiger partial charge in [0.1, 0.15) is 0 Å². The minimum atomic E-state index is 0.153. The van der Waals surface area contributed by atoms with E-state index in [4.69, 9.17) is 0 Å². The van der Waals surface area contributed by atoms with Gasteiger partial charge in [0.25, 0.3) is 0 Å². The molecule has 0 atom stereocenters. The van der Waals surface area contributed by atoms with E-state index < -0.39 is 0 Å². The highest BCUT2D eigenvalue weighted by Crippen LogP contribution is 1.94. The van der Waals surface area contributed by atoms with Crippen LogP contribution in [0.25, 0.3) is 0 Å². The summed E-state index contributed by atoms with van der Waals surface area (Å²) >= 11 is 1.27. The highest BCUT2D eigenvalue weighted by atomic mass is 32.1. The van der Waals surface area contributed by atoms with E-state index in [0.29, 0.717) is 0 Å². The normalized spacial score (nSPS) is 18.6. The van der Waals surface area contributed by atoms with Gasteiger partial charge < -0.3 is 9.88 Å². The Hall–Kier alpha value is -0.650. The Morgan fingerprint density at radius 2 is 2.14 bits per heavy atom. The molecule has 0 radical (unpaired) electrons. The van der Waals surface area contributed by atoms with Gasteiger partial charge in [-0.1, -0.05) is 11.3 Å². The van der Waals surface area contributed by atoms with Gasteiger partial charge in [0.05, 0.1) is 0 Å². The van der Waals surface area contributed by atoms with Gasteiger partial charge >= 0.3 is 4.87 Å². The monoisotopic (exact) mass is 213 g/mol. The maximum atomic E-state index is 11.2. The van der Waals surface area contributed by atoms with Crippen LogP contribution in [0.5, 0.6) is 0 Å². The molecular weight excluding hydrogens is 198 g/mol. The Morgan fingerprint density at radius 3 is 2.79 bits per heavy atom. The number of rotatable bonds is 3. The molecule has 0 saturated carbocycles. The summed E-state index contributed by atoms with van der Waals surface area (Å²) in [4.78, 5) is 13.8. The van der Waals surface area contributed by atoms with Crippen LogP contribution in [0.4, 0.5) is 0 Å². The zero-order chi connectivity index (χ0) is 9.80. The molecule has 2 rings (SSSR count). The van der Waals surface area contributed by atoms with E-state index in [0.717, 1.165) is 39.3 Å². The van der Waals surface area contributed by atoms with Crippen molar-refractivity contribution < 1.29 is 0 Å². The van der Waals surface area contributed by atoms with Crippen molar-refractivity contribution in [3.8, 4) is 0 Å². The maximum absolute atomic E-state index is 11.2. The topological polar surface area (TPSA) is 37.3 Å². The summed E-state index contributed by atoms with van der Waals surface area (Å²) in [5.74, 6) is 0. The van der Waals surface area contributed by atoms with Crippen molar-refractivity contribution in [2.24, 2.45) is 0 Å². The number of hydrogen-bond acceptors (Lipinski definition) is 4. The quantitative estimate of drug-likeness (QED) is 0.756. The standard InChI is InChI=1S/C9H15N3OS/c13-9-12(7-8-14-9)6-5-11-3-1-10-2-4-11/h7-8,10H,1-6H2. The van der Waals surface area contributed by atoms with E-state index in [1.165, 1.54) is 11.3 Å². The molecule has 1 saturated heterocycles. The first-order valence-electron chi connectivity index (χ1n) is 4.93. The summed E-state index contributed by atoms with van der Waals surface area (Å²) in [5, 5.41) is 5.16. The molecule has 4 nitrogen and oxygen atoms in total. The van der Waals surface area contributed by atoms with E-state index in [1.807, 2.05) is 11.6 Å². The molecule has 0 unspecified atom stereocenters. The van der Waals surface area contributed by atoms with Gasteiger partial charge in [-0.2, -0.15) is 0 Å². The largest absolute Gasteiger partial charge is 0.314 e. The molecule has 1 aliphatic rings. The summed E-state index contributed by atoms with van der Waals surface area (Å²) < 4.78 is 1.78. The Labute approximate surface area is 87.2 Å². The summed E-state index contributed by atoms with van der Waals surface area (Å²) in [6.07, 6.45) is 1.87. The van der Waals surface area contributed by atoms with E-state index in [9.17, 15) is 4.79 Å². The first-order valence-corrected chi connectivity index (χ1v) is 5.81. The first-order chi connectivity index (χ1) is 6.86.